The highest BCUT2D eigenvalue weighted by Crippen LogP contribution is 2.42. The lowest BCUT2D eigenvalue weighted by atomic mass is 10.1. The number of hydrogen-bond acceptors (Lipinski definition) is 4. The molecule has 0 radical (unpaired) electrons. The zero-order valence-electron chi connectivity index (χ0n) is 11.1. The largest absolute Gasteiger partial charge is 0.308 e. The summed E-state index contributed by atoms with van der Waals surface area (Å²) in [7, 11) is 0. The average molecular weight is 274 g/mol. The maximum Gasteiger partial charge on any atom is 0.174 e. The predicted molar refractivity (Wildman–Crippen MR) is 76.2 cm³/mol. The van der Waals surface area contributed by atoms with Crippen LogP contribution < -0.4 is 5.32 Å². The first-order valence-corrected chi connectivity index (χ1v) is 7.99. The number of fused-ring (bicyclic) bond motifs is 1. The first-order chi connectivity index (χ1) is 9.38. The zero-order valence-corrected chi connectivity index (χ0v) is 11.9. The number of aryl methyl sites for hydroxylation is 1. The van der Waals surface area contributed by atoms with Gasteiger partial charge in [-0.3, -0.25) is 0 Å². The monoisotopic (exact) mass is 274 g/mol. The van der Waals surface area contributed by atoms with Gasteiger partial charge in [0, 0.05) is 13.1 Å². The Kier molecular flexibility index (Phi) is 2.70. The molecule has 0 saturated heterocycles. The standard InChI is InChI=1S/C14H18N4S/c1-2-9-5-8-19-12(9)14-17-16-13-11(10-3-4-10)15-6-7-18(13)14/h5,8,10-11,15H,2-4,6-7H2,1H3. The minimum Gasteiger partial charge on any atom is -0.308 e. The van der Waals surface area contributed by atoms with Crippen molar-refractivity contribution in [2.45, 2.75) is 38.8 Å². The van der Waals surface area contributed by atoms with Crippen molar-refractivity contribution in [3.63, 3.8) is 0 Å². The fourth-order valence-electron chi connectivity index (χ4n) is 2.97. The molecule has 4 nitrogen and oxygen atoms in total. The Balaban J connectivity index is 1.78. The fourth-order valence-corrected chi connectivity index (χ4v) is 3.96. The van der Waals surface area contributed by atoms with Crippen LogP contribution >= 0.6 is 11.3 Å². The number of rotatable bonds is 3. The van der Waals surface area contributed by atoms with Crippen LogP contribution in [0.3, 0.4) is 0 Å². The van der Waals surface area contributed by atoms with Gasteiger partial charge >= 0.3 is 0 Å². The van der Waals surface area contributed by atoms with Crippen molar-refractivity contribution in [1.82, 2.24) is 20.1 Å². The Labute approximate surface area is 116 Å². The molecule has 0 bridgehead atoms. The summed E-state index contributed by atoms with van der Waals surface area (Å²) in [6.45, 7) is 4.22. The SMILES string of the molecule is CCc1ccsc1-c1nnc2n1CCNC2C1CC1. The summed E-state index contributed by atoms with van der Waals surface area (Å²) in [5, 5.41) is 14.7. The van der Waals surface area contributed by atoms with E-state index in [0.717, 1.165) is 37.1 Å². The van der Waals surface area contributed by atoms with Crippen LogP contribution in [0.4, 0.5) is 0 Å². The summed E-state index contributed by atoms with van der Waals surface area (Å²) >= 11 is 1.79. The molecule has 0 spiro atoms. The molecule has 2 aromatic rings. The molecule has 4 rings (SSSR count). The van der Waals surface area contributed by atoms with E-state index in [1.54, 1.807) is 11.3 Å². The third-order valence-corrected chi connectivity index (χ3v) is 5.13. The van der Waals surface area contributed by atoms with Crippen LogP contribution in [0.2, 0.25) is 0 Å². The first-order valence-electron chi connectivity index (χ1n) is 7.11. The minimum atomic E-state index is 0.431. The Morgan fingerprint density at radius 1 is 1.42 bits per heavy atom. The second-order valence-corrected chi connectivity index (χ2v) is 6.35. The minimum absolute atomic E-state index is 0.431. The van der Waals surface area contributed by atoms with E-state index in [1.165, 1.54) is 23.3 Å². The summed E-state index contributed by atoms with van der Waals surface area (Å²) in [6, 6.07) is 2.64. The number of aromatic nitrogens is 3. The van der Waals surface area contributed by atoms with Gasteiger partial charge in [0.05, 0.1) is 10.9 Å². The molecular weight excluding hydrogens is 256 g/mol. The first kappa shape index (κ1) is 11.6. The lowest BCUT2D eigenvalue weighted by Crippen LogP contribution is -2.35. The van der Waals surface area contributed by atoms with Crippen LogP contribution in [0.25, 0.3) is 10.7 Å². The van der Waals surface area contributed by atoms with E-state index >= 15 is 0 Å². The van der Waals surface area contributed by atoms with Crippen molar-refractivity contribution in [3.8, 4) is 10.7 Å². The summed E-state index contributed by atoms with van der Waals surface area (Å²) in [5.74, 6) is 3.01. The lowest BCUT2D eigenvalue weighted by Gasteiger charge is -2.24. The van der Waals surface area contributed by atoms with Gasteiger partial charge in [0.15, 0.2) is 11.6 Å². The maximum absolute atomic E-state index is 4.49. The molecular formula is C14H18N4S. The molecule has 100 valence electrons. The Hall–Kier alpha value is -1.20. The number of hydrogen-bond donors (Lipinski definition) is 1. The van der Waals surface area contributed by atoms with Gasteiger partial charge in [-0.05, 0) is 42.2 Å². The molecule has 5 heteroatoms. The van der Waals surface area contributed by atoms with Crippen LogP contribution in [0.1, 0.15) is 37.2 Å². The summed E-state index contributed by atoms with van der Waals surface area (Å²) in [6.07, 6.45) is 3.73. The molecule has 1 aliphatic heterocycles. The van der Waals surface area contributed by atoms with Crippen molar-refractivity contribution in [3.05, 3.63) is 22.8 Å². The van der Waals surface area contributed by atoms with Crippen molar-refractivity contribution in [1.29, 1.82) is 0 Å². The average Bonchev–Trinajstić information content (AvgIpc) is 3.02. The molecule has 19 heavy (non-hydrogen) atoms. The van der Waals surface area contributed by atoms with E-state index in [4.69, 9.17) is 0 Å². The second kappa shape index (κ2) is 4.42. The van der Waals surface area contributed by atoms with E-state index in [2.05, 4.69) is 38.5 Å². The highest BCUT2D eigenvalue weighted by molar-refractivity contribution is 7.13. The molecule has 1 fully saturated rings. The normalized spacial score (nSPS) is 22.5. The Morgan fingerprint density at radius 2 is 2.32 bits per heavy atom. The van der Waals surface area contributed by atoms with Crippen LogP contribution in [-0.2, 0) is 13.0 Å². The zero-order chi connectivity index (χ0) is 12.8. The highest BCUT2D eigenvalue weighted by Gasteiger charge is 2.37. The van der Waals surface area contributed by atoms with Gasteiger partial charge in [-0.1, -0.05) is 6.92 Å². The number of nitrogens with zero attached hydrogens (tertiary/aromatic N) is 3. The van der Waals surface area contributed by atoms with E-state index in [-0.39, 0.29) is 0 Å². The molecule has 1 N–H and O–H groups in total. The van der Waals surface area contributed by atoms with Gasteiger partial charge in [0.2, 0.25) is 0 Å². The smallest absolute Gasteiger partial charge is 0.174 e. The molecule has 0 amide bonds. The highest BCUT2D eigenvalue weighted by atomic mass is 32.1. The summed E-state index contributed by atoms with van der Waals surface area (Å²) in [5.41, 5.74) is 1.39. The topological polar surface area (TPSA) is 42.7 Å². The van der Waals surface area contributed by atoms with Crippen LogP contribution in [0.15, 0.2) is 11.4 Å². The van der Waals surface area contributed by atoms with E-state index in [1.807, 2.05) is 0 Å². The van der Waals surface area contributed by atoms with Crippen molar-refractivity contribution >= 4 is 11.3 Å². The van der Waals surface area contributed by atoms with Crippen molar-refractivity contribution < 1.29 is 0 Å². The van der Waals surface area contributed by atoms with Crippen LogP contribution in [-0.4, -0.2) is 21.3 Å². The van der Waals surface area contributed by atoms with E-state index in [9.17, 15) is 0 Å². The van der Waals surface area contributed by atoms with Gasteiger partial charge in [-0.25, -0.2) is 0 Å². The van der Waals surface area contributed by atoms with Crippen LogP contribution in [0, 0.1) is 5.92 Å². The van der Waals surface area contributed by atoms with Gasteiger partial charge in [-0.2, -0.15) is 0 Å². The lowest BCUT2D eigenvalue weighted by molar-refractivity contribution is 0.383. The van der Waals surface area contributed by atoms with E-state index < -0.39 is 0 Å². The second-order valence-electron chi connectivity index (χ2n) is 5.43. The molecule has 1 unspecified atom stereocenters. The fraction of sp³-hybridized carbons (Fsp3) is 0.571. The summed E-state index contributed by atoms with van der Waals surface area (Å²) < 4.78 is 2.34. The molecule has 1 aliphatic carbocycles. The molecule has 2 aliphatic rings. The van der Waals surface area contributed by atoms with Gasteiger partial charge in [-0.15, -0.1) is 21.5 Å². The molecule has 2 aromatic heterocycles. The van der Waals surface area contributed by atoms with Gasteiger partial charge in [0.25, 0.3) is 0 Å². The van der Waals surface area contributed by atoms with Gasteiger partial charge < -0.3 is 9.88 Å². The third kappa shape index (κ3) is 1.83. The Morgan fingerprint density at radius 3 is 3.11 bits per heavy atom. The molecule has 3 heterocycles. The van der Waals surface area contributed by atoms with Gasteiger partial charge in [0.1, 0.15) is 0 Å². The number of thiophene rings is 1. The summed E-state index contributed by atoms with van der Waals surface area (Å²) in [4.78, 5) is 1.30. The van der Waals surface area contributed by atoms with Crippen molar-refractivity contribution in [2.75, 3.05) is 6.54 Å². The third-order valence-electron chi connectivity index (χ3n) is 4.18. The van der Waals surface area contributed by atoms with E-state index in [0.29, 0.717) is 6.04 Å². The predicted octanol–water partition coefficient (Wildman–Crippen LogP) is 2.62. The van der Waals surface area contributed by atoms with Crippen LogP contribution in [0.5, 0.6) is 0 Å². The van der Waals surface area contributed by atoms with Crippen molar-refractivity contribution in [2.24, 2.45) is 5.92 Å². The molecule has 0 aromatic carbocycles. The quantitative estimate of drug-likeness (QED) is 0.935. The maximum atomic E-state index is 4.49. The molecule has 1 saturated carbocycles. The Bertz CT molecular complexity index is 596. The number of nitrogens with one attached hydrogen (secondary N) is 1. The molecule has 1 atom stereocenters.